The van der Waals surface area contributed by atoms with Gasteiger partial charge in [-0.25, -0.2) is 4.98 Å². The van der Waals surface area contributed by atoms with Crippen LogP contribution in [0.5, 0.6) is 0 Å². The molecule has 0 unspecified atom stereocenters. The molecule has 0 aliphatic heterocycles. The molecular formula is C12H15N5O. The number of pyridine rings is 1. The number of carbonyl (C=O) groups is 1. The molecule has 6 heteroatoms. The Kier molecular flexibility index (Phi) is 3.90. The molecule has 0 aliphatic carbocycles. The van der Waals surface area contributed by atoms with E-state index in [0.717, 1.165) is 18.1 Å². The Hall–Kier alpha value is -2.37. The number of aromatic amines is 1. The van der Waals surface area contributed by atoms with Gasteiger partial charge in [0.25, 0.3) is 5.91 Å². The number of amides is 1. The van der Waals surface area contributed by atoms with Gasteiger partial charge in [-0.2, -0.15) is 0 Å². The van der Waals surface area contributed by atoms with E-state index in [1.807, 2.05) is 6.92 Å². The van der Waals surface area contributed by atoms with E-state index >= 15 is 0 Å². The average Bonchev–Trinajstić information content (AvgIpc) is 2.90. The SMILES string of the molecule is CCNc1ccncc1C(=O)NCc1ncc[nH]1. The van der Waals surface area contributed by atoms with Gasteiger partial charge in [-0.1, -0.05) is 0 Å². The summed E-state index contributed by atoms with van der Waals surface area (Å²) in [5.74, 6) is 0.549. The minimum Gasteiger partial charge on any atom is -0.385 e. The third-order valence-corrected chi connectivity index (χ3v) is 2.40. The van der Waals surface area contributed by atoms with Crippen LogP contribution in [-0.4, -0.2) is 27.4 Å². The molecule has 0 bridgehead atoms. The second-order valence-corrected chi connectivity index (χ2v) is 3.67. The van der Waals surface area contributed by atoms with Crippen molar-refractivity contribution >= 4 is 11.6 Å². The van der Waals surface area contributed by atoms with Gasteiger partial charge in [-0.3, -0.25) is 9.78 Å². The highest BCUT2D eigenvalue weighted by Crippen LogP contribution is 2.12. The van der Waals surface area contributed by atoms with Crippen molar-refractivity contribution < 1.29 is 4.79 Å². The molecule has 2 rings (SSSR count). The molecule has 94 valence electrons. The van der Waals surface area contributed by atoms with Crippen molar-refractivity contribution in [3.8, 4) is 0 Å². The van der Waals surface area contributed by atoms with Gasteiger partial charge in [0.2, 0.25) is 0 Å². The third-order valence-electron chi connectivity index (χ3n) is 2.40. The lowest BCUT2D eigenvalue weighted by Gasteiger charge is -2.09. The van der Waals surface area contributed by atoms with Crippen LogP contribution in [0.1, 0.15) is 23.1 Å². The average molecular weight is 245 g/mol. The third kappa shape index (κ3) is 2.85. The Labute approximate surface area is 105 Å². The smallest absolute Gasteiger partial charge is 0.255 e. The first-order chi connectivity index (χ1) is 8.81. The Morgan fingerprint density at radius 2 is 2.33 bits per heavy atom. The first kappa shape index (κ1) is 12.1. The highest BCUT2D eigenvalue weighted by Gasteiger charge is 2.10. The van der Waals surface area contributed by atoms with E-state index in [1.54, 1.807) is 30.9 Å². The lowest BCUT2D eigenvalue weighted by Crippen LogP contribution is -2.24. The van der Waals surface area contributed by atoms with Gasteiger partial charge in [-0.05, 0) is 13.0 Å². The predicted octanol–water partition coefficient (Wildman–Crippen LogP) is 1.17. The number of imidazole rings is 1. The molecule has 1 amide bonds. The molecule has 2 aromatic rings. The summed E-state index contributed by atoms with van der Waals surface area (Å²) in [4.78, 5) is 22.9. The number of nitrogens with one attached hydrogen (secondary N) is 3. The molecule has 0 saturated carbocycles. The summed E-state index contributed by atoms with van der Waals surface area (Å²) >= 11 is 0. The molecule has 0 aromatic carbocycles. The van der Waals surface area contributed by atoms with Gasteiger partial charge in [0.05, 0.1) is 17.8 Å². The minimum absolute atomic E-state index is 0.171. The lowest BCUT2D eigenvalue weighted by molar-refractivity contribution is 0.0950. The number of H-pyrrole nitrogens is 1. The molecule has 2 heterocycles. The molecule has 0 saturated heterocycles. The van der Waals surface area contributed by atoms with Gasteiger partial charge in [0.15, 0.2) is 0 Å². The van der Waals surface area contributed by atoms with Gasteiger partial charge >= 0.3 is 0 Å². The molecule has 0 aliphatic rings. The fourth-order valence-corrected chi connectivity index (χ4v) is 1.57. The van der Waals surface area contributed by atoms with Crippen LogP contribution < -0.4 is 10.6 Å². The fourth-order valence-electron chi connectivity index (χ4n) is 1.57. The van der Waals surface area contributed by atoms with E-state index in [-0.39, 0.29) is 5.91 Å². The number of aromatic nitrogens is 3. The standard InChI is InChI=1S/C12H15N5O/c1-2-14-10-3-4-13-7-9(10)12(18)17-8-11-15-5-6-16-11/h3-7H,2,8H2,1H3,(H,13,14)(H,15,16)(H,17,18). The zero-order valence-electron chi connectivity index (χ0n) is 10.1. The van der Waals surface area contributed by atoms with Crippen LogP contribution in [0, 0.1) is 0 Å². The topological polar surface area (TPSA) is 82.7 Å². The maximum Gasteiger partial charge on any atom is 0.255 e. The summed E-state index contributed by atoms with van der Waals surface area (Å²) < 4.78 is 0. The largest absolute Gasteiger partial charge is 0.385 e. The van der Waals surface area contributed by atoms with Crippen molar-refractivity contribution in [2.45, 2.75) is 13.5 Å². The minimum atomic E-state index is -0.171. The molecule has 6 nitrogen and oxygen atoms in total. The number of hydrogen-bond acceptors (Lipinski definition) is 4. The molecule has 18 heavy (non-hydrogen) atoms. The van der Waals surface area contributed by atoms with E-state index in [0.29, 0.717) is 12.1 Å². The summed E-state index contributed by atoms with van der Waals surface area (Å²) in [6.45, 7) is 3.10. The number of nitrogens with zero attached hydrogens (tertiary/aromatic N) is 2. The van der Waals surface area contributed by atoms with E-state index in [9.17, 15) is 4.79 Å². The molecule has 0 radical (unpaired) electrons. The number of carbonyl (C=O) groups excluding carboxylic acids is 1. The van der Waals surface area contributed by atoms with Crippen LogP contribution >= 0.6 is 0 Å². The Bertz CT molecular complexity index is 509. The van der Waals surface area contributed by atoms with Crippen LogP contribution in [0.4, 0.5) is 5.69 Å². The van der Waals surface area contributed by atoms with Crippen LogP contribution in [0.15, 0.2) is 30.9 Å². The zero-order chi connectivity index (χ0) is 12.8. The van der Waals surface area contributed by atoms with Crippen molar-refractivity contribution in [2.24, 2.45) is 0 Å². The predicted molar refractivity (Wildman–Crippen MR) is 68.2 cm³/mol. The molecule has 0 fully saturated rings. The first-order valence-corrected chi connectivity index (χ1v) is 5.75. The zero-order valence-corrected chi connectivity index (χ0v) is 10.1. The van der Waals surface area contributed by atoms with Gasteiger partial charge in [0, 0.05) is 31.3 Å². The highest BCUT2D eigenvalue weighted by atomic mass is 16.1. The summed E-state index contributed by atoms with van der Waals surface area (Å²) in [6, 6.07) is 1.78. The van der Waals surface area contributed by atoms with Crippen LogP contribution in [0.2, 0.25) is 0 Å². The summed E-state index contributed by atoms with van der Waals surface area (Å²) in [5, 5.41) is 5.91. The molecule has 0 atom stereocenters. The Morgan fingerprint density at radius 3 is 3.06 bits per heavy atom. The first-order valence-electron chi connectivity index (χ1n) is 5.75. The second kappa shape index (κ2) is 5.81. The summed E-state index contributed by atoms with van der Waals surface area (Å²) in [5.41, 5.74) is 1.32. The number of hydrogen-bond donors (Lipinski definition) is 3. The van der Waals surface area contributed by atoms with Crippen molar-refractivity contribution in [1.29, 1.82) is 0 Å². The lowest BCUT2D eigenvalue weighted by atomic mass is 10.2. The van der Waals surface area contributed by atoms with Crippen LogP contribution in [0.3, 0.4) is 0 Å². The highest BCUT2D eigenvalue weighted by molar-refractivity contribution is 5.99. The monoisotopic (exact) mass is 245 g/mol. The Balaban J connectivity index is 2.04. The quantitative estimate of drug-likeness (QED) is 0.738. The van der Waals surface area contributed by atoms with Crippen molar-refractivity contribution in [1.82, 2.24) is 20.3 Å². The molecule has 0 spiro atoms. The maximum atomic E-state index is 12.0. The fraction of sp³-hybridized carbons (Fsp3) is 0.250. The van der Waals surface area contributed by atoms with E-state index in [2.05, 4.69) is 25.6 Å². The normalized spacial score (nSPS) is 10.1. The van der Waals surface area contributed by atoms with Crippen LogP contribution in [-0.2, 0) is 6.54 Å². The van der Waals surface area contributed by atoms with E-state index in [1.165, 1.54) is 0 Å². The van der Waals surface area contributed by atoms with E-state index < -0.39 is 0 Å². The van der Waals surface area contributed by atoms with Crippen molar-refractivity contribution in [2.75, 3.05) is 11.9 Å². The molecular weight excluding hydrogens is 230 g/mol. The summed E-state index contributed by atoms with van der Waals surface area (Å²) in [6.07, 6.45) is 6.57. The van der Waals surface area contributed by atoms with Crippen LogP contribution in [0.25, 0.3) is 0 Å². The molecule has 3 N–H and O–H groups in total. The number of anilines is 1. The van der Waals surface area contributed by atoms with Crippen molar-refractivity contribution in [3.05, 3.63) is 42.2 Å². The van der Waals surface area contributed by atoms with Gasteiger partial charge in [0.1, 0.15) is 5.82 Å². The molecule has 2 aromatic heterocycles. The van der Waals surface area contributed by atoms with Gasteiger partial charge < -0.3 is 15.6 Å². The van der Waals surface area contributed by atoms with Gasteiger partial charge in [-0.15, -0.1) is 0 Å². The van der Waals surface area contributed by atoms with E-state index in [4.69, 9.17) is 0 Å². The second-order valence-electron chi connectivity index (χ2n) is 3.67. The Morgan fingerprint density at radius 1 is 1.44 bits per heavy atom. The number of rotatable bonds is 5. The summed E-state index contributed by atoms with van der Waals surface area (Å²) in [7, 11) is 0. The maximum absolute atomic E-state index is 12.0. The van der Waals surface area contributed by atoms with Crippen molar-refractivity contribution in [3.63, 3.8) is 0 Å².